The Morgan fingerprint density at radius 2 is 2.10 bits per heavy atom. The highest BCUT2D eigenvalue weighted by atomic mass is 16.2. The second kappa shape index (κ2) is 6.88. The van der Waals surface area contributed by atoms with Crippen molar-refractivity contribution in [3.8, 4) is 0 Å². The first-order valence-corrected chi connectivity index (χ1v) is 7.72. The molecule has 1 amide bonds. The van der Waals surface area contributed by atoms with Gasteiger partial charge in [0.15, 0.2) is 0 Å². The van der Waals surface area contributed by atoms with Crippen molar-refractivity contribution in [3.05, 3.63) is 17.5 Å². The van der Waals surface area contributed by atoms with Gasteiger partial charge in [0, 0.05) is 25.7 Å². The van der Waals surface area contributed by atoms with E-state index in [0.29, 0.717) is 6.04 Å². The number of nitrogens with one attached hydrogen (secondary N) is 1. The van der Waals surface area contributed by atoms with Gasteiger partial charge in [0.25, 0.3) is 5.91 Å². The molecule has 1 aliphatic rings. The topological polar surface area (TPSA) is 50.2 Å². The second-order valence-electron chi connectivity index (χ2n) is 5.51. The van der Waals surface area contributed by atoms with Crippen molar-refractivity contribution >= 4 is 5.91 Å². The molecule has 1 aliphatic heterocycles. The predicted molar refractivity (Wildman–Crippen MR) is 79.9 cm³/mol. The van der Waals surface area contributed by atoms with Gasteiger partial charge in [-0.1, -0.05) is 6.92 Å². The number of likely N-dealkylation sites (tertiary alicyclic amines) is 1. The average molecular weight is 278 g/mol. The lowest BCUT2D eigenvalue weighted by molar-refractivity contribution is 0.0693. The molecule has 5 heteroatoms. The van der Waals surface area contributed by atoms with Crippen LogP contribution < -0.4 is 5.32 Å². The van der Waals surface area contributed by atoms with Crippen molar-refractivity contribution in [2.45, 2.75) is 52.6 Å². The van der Waals surface area contributed by atoms with Gasteiger partial charge in [-0.2, -0.15) is 5.10 Å². The number of hydrogen-bond donors (Lipinski definition) is 1. The maximum absolute atomic E-state index is 12.6. The Morgan fingerprint density at radius 1 is 1.40 bits per heavy atom. The van der Waals surface area contributed by atoms with Gasteiger partial charge < -0.3 is 10.2 Å². The number of piperidine rings is 1. The molecule has 2 heterocycles. The molecule has 1 fully saturated rings. The number of nitrogens with zero attached hydrogens (tertiary/aromatic N) is 3. The fourth-order valence-electron chi connectivity index (χ4n) is 2.76. The maximum Gasteiger partial charge on any atom is 0.272 e. The van der Waals surface area contributed by atoms with Crippen LogP contribution in [0.25, 0.3) is 0 Å². The van der Waals surface area contributed by atoms with Crippen LogP contribution in [0.2, 0.25) is 0 Å². The van der Waals surface area contributed by atoms with Crippen molar-refractivity contribution in [1.29, 1.82) is 0 Å². The molecular formula is C15H26N4O. The van der Waals surface area contributed by atoms with Crippen LogP contribution in [0.1, 0.15) is 49.3 Å². The fourth-order valence-corrected chi connectivity index (χ4v) is 2.76. The molecule has 0 saturated carbocycles. The van der Waals surface area contributed by atoms with E-state index in [1.54, 1.807) is 4.68 Å². The Balaban J connectivity index is 1.94. The van der Waals surface area contributed by atoms with Gasteiger partial charge in [-0.3, -0.25) is 9.48 Å². The van der Waals surface area contributed by atoms with Crippen molar-refractivity contribution < 1.29 is 4.79 Å². The van der Waals surface area contributed by atoms with E-state index in [4.69, 9.17) is 0 Å². The SMILES string of the molecule is CCCNC1CCN(C(=O)c2cc(C)nn2CC)CC1. The number of carbonyl (C=O) groups excluding carboxylic acids is 1. The highest BCUT2D eigenvalue weighted by molar-refractivity contribution is 5.92. The van der Waals surface area contributed by atoms with Gasteiger partial charge in [0.2, 0.25) is 0 Å². The van der Waals surface area contributed by atoms with E-state index < -0.39 is 0 Å². The normalized spacial score (nSPS) is 16.6. The monoisotopic (exact) mass is 278 g/mol. The van der Waals surface area contributed by atoms with Crippen LogP contribution in [0.4, 0.5) is 0 Å². The molecule has 0 aliphatic carbocycles. The van der Waals surface area contributed by atoms with Crippen LogP contribution in [0.3, 0.4) is 0 Å². The predicted octanol–water partition coefficient (Wildman–Crippen LogP) is 1.82. The minimum atomic E-state index is 0.126. The van der Waals surface area contributed by atoms with E-state index in [2.05, 4.69) is 17.3 Å². The van der Waals surface area contributed by atoms with Crippen molar-refractivity contribution in [3.63, 3.8) is 0 Å². The Hall–Kier alpha value is -1.36. The Kier molecular flexibility index (Phi) is 5.17. The molecule has 0 spiro atoms. The number of carbonyl (C=O) groups is 1. The van der Waals surface area contributed by atoms with E-state index in [0.717, 1.165) is 56.8 Å². The molecule has 0 radical (unpaired) electrons. The zero-order valence-electron chi connectivity index (χ0n) is 12.9. The molecule has 0 bridgehead atoms. The van der Waals surface area contributed by atoms with Crippen LogP contribution >= 0.6 is 0 Å². The third-order valence-electron chi connectivity index (χ3n) is 3.89. The lowest BCUT2D eigenvalue weighted by atomic mass is 10.0. The molecule has 1 N–H and O–H groups in total. The van der Waals surface area contributed by atoms with Gasteiger partial charge in [0.05, 0.1) is 5.69 Å². The molecule has 112 valence electrons. The van der Waals surface area contributed by atoms with Crippen LogP contribution in [0.15, 0.2) is 6.07 Å². The standard InChI is InChI=1S/C15H26N4O/c1-4-8-16-13-6-9-18(10-7-13)15(20)14-11-12(3)17-19(14)5-2/h11,13,16H,4-10H2,1-3H3. The van der Waals surface area contributed by atoms with E-state index in [1.807, 2.05) is 24.8 Å². The largest absolute Gasteiger partial charge is 0.337 e. The summed E-state index contributed by atoms with van der Waals surface area (Å²) in [4.78, 5) is 14.5. The summed E-state index contributed by atoms with van der Waals surface area (Å²) in [5.74, 6) is 0.126. The molecule has 0 aromatic carbocycles. The van der Waals surface area contributed by atoms with E-state index in [-0.39, 0.29) is 5.91 Å². The van der Waals surface area contributed by atoms with E-state index in [1.165, 1.54) is 0 Å². The summed E-state index contributed by atoms with van der Waals surface area (Å²) in [5, 5.41) is 7.90. The molecular weight excluding hydrogens is 252 g/mol. The quantitative estimate of drug-likeness (QED) is 0.894. The minimum absolute atomic E-state index is 0.126. The third-order valence-corrected chi connectivity index (χ3v) is 3.89. The van der Waals surface area contributed by atoms with Crippen LogP contribution in [-0.2, 0) is 6.54 Å². The lowest BCUT2D eigenvalue weighted by Gasteiger charge is -2.32. The molecule has 0 atom stereocenters. The Morgan fingerprint density at radius 3 is 2.70 bits per heavy atom. The lowest BCUT2D eigenvalue weighted by Crippen LogP contribution is -2.45. The number of amides is 1. The maximum atomic E-state index is 12.6. The Bertz CT molecular complexity index is 447. The summed E-state index contributed by atoms with van der Waals surface area (Å²) >= 11 is 0. The van der Waals surface area contributed by atoms with Crippen LogP contribution in [-0.4, -0.2) is 46.3 Å². The van der Waals surface area contributed by atoms with Crippen LogP contribution in [0, 0.1) is 6.92 Å². The van der Waals surface area contributed by atoms with Crippen molar-refractivity contribution in [1.82, 2.24) is 20.0 Å². The summed E-state index contributed by atoms with van der Waals surface area (Å²) < 4.78 is 1.80. The summed E-state index contributed by atoms with van der Waals surface area (Å²) in [6.07, 6.45) is 3.25. The first-order valence-electron chi connectivity index (χ1n) is 7.72. The number of aryl methyl sites for hydroxylation is 2. The summed E-state index contributed by atoms with van der Waals surface area (Å²) in [7, 11) is 0. The van der Waals surface area contributed by atoms with Gasteiger partial charge in [-0.15, -0.1) is 0 Å². The minimum Gasteiger partial charge on any atom is -0.337 e. The highest BCUT2D eigenvalue weighted by Crippen LogP contribution is 2.15. The zero-order valence-corrected chi connectivity index (χ0v) is 12.9. The first-order chi connectivity index (χ1) is 9.65. The number of aromatic nitrogens is 2. The summed E-state index contributed by atoms with van der Waals surface area (Å²) in [6, 6.07) is 2.46. The molecule has 20 heavy (non-hydrogen) atoms. The van der Waals surface area contributed by atoms with E-state index in [9.17, 15) is 4.79 Å². The molecule has 1 aromatic heterocycles. The average Bonchev–Trinajstić information content (AvgIpc) is 2.86. The fraction of sp³-hybridized carbons (Fsp3) is 0.733. The summed E-state index contributed by atoms with van der Waals surface area (Å²) in [5.41, 5.74) is 1.64. The molecule has 2 rings (SSSR count). The van der Waals surface area contributed by atoms with E-state index >= 15 is 0 Å². The smallest absolute Gasteiger partial charge is 0.272 e. The van der Waals surface area contributed by atoms with Crippen molar-refractivity contribution in [2.24, 2.45) is 0 Å². The molecule has 1 aromatic rings. The summed E-state index contributed by atoms with van der Waals surface area (Å²) in [6.45, 7) is 9.63. The molecule has 1 saturated heterocycles. The first kappa shape index (κ1) is 15.0. The van der Waals surface area contributed by atoms with Gasteiger partial charge >= 0.3 is 0 Å². The van der Waals surface area contributed by atoms with Gasteiger partial charge in [-0.25, -0.2) is 0 Å². The highest BCUT2D eigenvalue weighted by Gasteiger charge is 2.25. The van der Waals surface area contributed by atoms with Crippen molar-refractivity contribution in [2.75, 3.05) is 19.6 Å². The molecule has 0 unspecified atom stereocenters. The number of rotatable bonds is 5. The van der Waals surface area contributed by atoms with Gasteiger partial charge in [0.1, 0.15) is 5.69 Å². The zero-order chi connectivity index (χ0) is 14.5. The molecule has 5 nitrogen and oxygen atoms in total. The third kappa shape index (κ3) is 3.39. The second-order valence-corrected chi connectivity index (χ2v) is 5.51. The van der Waals surface area contributed by atoms with Gasteiger partial charge in [-0.05, 0) is 45.7 Å². The Labute approximate surface area is 121 Å². The van der Waals surface area contributed by atoms with Crippen LogP contribution in [0.5, 0.6) is 0 Å². The number of hydrogen-bond acceptors (Lipinski definition) is 3.